The Morgan fingerprint density at radius 3 is 2.54 bits per heavy atom. The first-order valence-corrected chi connectivity index (χ1v) is 4.99. The number of carboxylic acids is 1. The van der Waals surface area contributed by atoms with E-state index in [1.807, 2.05) is 6.08 Å². The lowest BCUT2D eigenvalue weighted by molar-refractivity contribution is -0.141. The van der Waals surface area contributed by atoms with Gasteiger partial charge in [-0.25, -0.2) is 0 Å². The van der Waals surface area contributed by atoms with Crippen LogP contribution in [0, 0.1) is 5.92 Å². The smallest absolute Gasteiger partial charge is 0.324 e. The van der Waals surface area contributed by atoms with E-state index < -0.39 is 10.8 Å². The summed E-state index contributed by atoms with van der Waals surface area (Å²) in [6.45, 7) is 3.68. The molecule has 1 aliphatic rings. The minimum Gasteiger partial charge on any atom is -0.480 e. The molecule has 0 bridgehead atoms. The molecular weight excluding hydrogens is 188 g/mol. The molecule has 0 saturated heterocycles. The fraction of sp³-hybridized carbons (Fsp3) is 0.700. The van der Waals surface area contributed by atoms with E-state index in [9.17, 15) is 4.79 Å². The van der Waals surface area contributed by atoms with E-state index in [1.165, 1.54) is 0 Å². The molecule has 0 unspecified atom stereocenters. The van der Waals surface area contributed by atoms with Crippen LogP contribution in [0.4, 0.5) is 0 Å². The number of hydrogen-bond donors (Lipinski definition) is 1. The van der Waals surface area contributed by atoms with Gasteiger partial charge in [-0.15, -0.1) is 18.2 Å². The van der Waals surface area contributed by atoms with E-state index in [2.05, 4.69) is 6.58 Å². The summed E-state index contributed by atoms with van der Waals surface area (Å²) < 4.78 is 0. The van der Waals surface area contributed by atoms with Gasteiger partial charge in [-0.05, 0) is 38.0 Å². The zero-order valence-electron chi connectivity index (χ0n) is 7.63. The molecule has 0 aromatic rings. The van der Waals surface area contributed by atoms with Crippen molar-refractivity contribution in [2.45, 2.75) is 37.0 Å². The lowest BCUT2D eigenvalue weighted by Gasteiger charge is -2.31. The fourth-order valence-corrected chi connectivity index (χ4v) is 2.04. The van der Waals surface area contributed by atoms with Gasteiger partial charge >= 0.3 is 5.97 Å². The quantitative estimate of drug-likeness (QED) is 0.565. The Kier molecular flexibility index (Phi) is 3.37. The van der Waals surface area contributed by atoms with Crippen molar-refractivity contribution in [3.63, 3.8) is 0 Å². The average molecular weight is 203 g/mol. The van der Waals surface area contributed by atoms with Gasteiger partial charge in [0.05, 0.1) is 0 Å². The van der Waals surface area contributed by atoms with Crippen molar-refractivity contribution in [3.8, 4) is 0 Å². The summed E-state index contributed by atoms with van der Waals surface area (Å²) in [6, 6.07) is 0. The molecule has 0 atom stereocenters. The Morgan fingerprint density at radius 2 is 2.15 bits per heavy atom. The monoisotopic (exact) mass is 202 g/mol. The maximum absolute atomic E-state index is 10.8. The summed E-state index contributed by atoms with van der Waals surface area (Å²) >= 11 is 5.95. The third kappa shape index (κ3) is 2.47. The highest BCUT2D eigenvalue weighted by Gasteiger charge is 2.39. The van der Waals surface area contributed by atoms with Gasteiger partial charge < -0.3 is 5.11 Å². The second-order valence-electron chi connectivity index (χ2n) is 3.74. The Labute approximate surface area is 83.6 Å². The first-order chi connectivity index (χ1) is 6.08. The van der Waals surface area contributed by atoms with E-state index in [0.29, 0.717) is 18.8 Å². The molecule has 0 aromatic carbocycles. The van der Waals surface area contributed by atoms with Crippen molar-refractivity contribution in [3.05, 3.63) is 12.7 Å². The zero-order valence-corrected chi connectivity index (χ0v) is 8.39. The van der Waals surface area contributed by atoms with E-state index >= 15 is 0 Å². The SMILES string of the molecule is C=CCC1CCC(Cl)(C(=O)O)CC1. The van der Waals surface area contributed by atoms with Crippen molar-refractivity contribution >= 4 is 17.6 Å². The Balaban J connectivity index is 2.46. The summed E-state index contributed by atoms with van der Waals surface area (Å²) in [4.78, 5) is 9.80. The van der Waals surface area contributed by atoms with Gasteiger partial charge in [-0.1, -0.05) is 6.08 Å². The maximum atomic E-state index is 10.8. The molecule has 0 amide bonds. The molecule has 1 rings (SSSR count). The highest BCUT2D eigenvalue weighted by Crippen LogP contribution is 2.38. The number of carbonyl (C=O) groups is 1. The van der Waals surface area contributed by atoms with E-state index in [-0.39, 0.29) is 0 Å². The van der Waals surface area contributed by atoms with Crippen LogP contribution >= 0.6 is 11.6 Å². The number of carboxylic acid groups (broad SMARTS) is 1. The Morgan fingerprint density at radius 1 is 1.62 bits per heavy atom. The molecule has 1 saturated carbocycles. The predicted molar refractivity (Wildman–Crippen MR) is 53.0 cm³/mol. The summed E-state index contributed by atoms with van der Waals surface area (Å²) in [7, 11) is 0. The molecule has 3 heteroatoms. The van der Waals surface area contributed by atoms with Crippen LogP contribution < -0.4 is 0 Å². The third-order valence-electron chi connectivity index (χ3n) is 2.78. The topological polar surface area (TPSA) is 37.3 Å². The molecule has 0 radical (unpaired) electrons. The number of halogens is 1. The van der Waals surface area contributed by atoms with Gasteiger partial charge in [0.15, 0.2) is 0 Å². The van der Waals surface area contributed by atoms with Gasteiger partial charge in [-0.2, -0.15) is 0 Å². The van der Waals surface area contributed by atoms with Crippen LogP contribution in [0.5, 0.6) is 0 Å². The molecule has 2 nitrogen and oxygen atoms in total. The minimum atomic E-state index is -0.988. The van der Waals surface area contributed by atoms with Crippen molar-refractivity contribution in [1.82, 2.24) is 0 Å². The number of hydrogen-bond acceptors (Lipinski definition) is 1. The molecule has 0 heterocycles. The molecular formula is C10H15ClO2. The van der Waals surface area contributed by atoms with Crippen molar-refractivity contribution in [2.75, 3.05) is 0 Å². The summed E-state index contributed by atoms with van der Waals surface area (Å²) in [5.41, 5.74) is 0. The van der Waals surface area contributed by atoms with Crippen LogP contribution in [0.3, 0.4) is 0 Å². The lowest BCUT2D eigenvalue weighted by Crippen LogP contribution is -2.36. The molecule has 1 aliphatic carbocycles. The van der Waals surface area contributed by atoms with Crippen LogP contribution in [0.15, 0.2) is 12.7 Å². The molecule has 1 N–H and O–H groups in total. The van der Waals surface area contributed by atoms with E-state index in [1.54, 1.807) is 0 Å². The first kappa shape index (κ1) is 10.6. The first-order valence-electron chi connectivity index (χ1n) is 4.62. The van der Waals surface area contributed by atoms with Crippen LogP contribution in [-0.4, -0.2) is 16.0 Å². The number of aliphatic carboxylic acids is 1. The van der Waals surface area contributed by atoms with Gasteiger partial charge in [0.1, 0.15) is 4.87 Å². The molecule has 0 aliphatic heterocycles. The highest BCUT2D eigenvalue weighted by atomic mass is 35.5. The lowest BCUT2D eigenvalue weighted by atomic mass is 9.80. The number of rotatable bonds is 3. The predicted octanol–water partition coefficient (Wildman–Crippen LogP) is 2.81. The Hall–Kier alpha value is -0.500. The van der Waals surface area contributed by atoms with Gasteiger partial charge in [0.25, 0.3) is 0 Å². The second kappa shape index (κ2) is 4.14. The Bertz CT molecular complexity index is 205. The fourth-order valence-electron chi connectivity index (χ4n) is 1.82. The summed E-state index contributed by atoms with van der Waals surface area (Å²) in [6.07, 6.45) is 5.85. The molecule has 1 fully saturated rings. The van der Waals surface area contributed by atoms with Crippen LogP contribution in [0.25, 0.3) is 0 Å². The molecule has 0 spiro atoms. The molecule has 0 aromatic heterocycles. The molecule has 13 heavy (non-hydrogen) atoms. The second-order valence-corrected chi connectivity index (χ2v) is 4.46. The van der Waals surface area contributed by atoms with Crippen molar-refractivity contribution < 1.29 is 9.90 Å². The van der Waals surface area contributed by atoms with Gasteiger partial charge in [-0.3, -0.25) is 4.79 Å². The molecule has 74 valence electrons. The van der Waals surface area contributed by atoms with Crippen LogP contribution in [0.1, 0.15) is 32.1 Å². The summed E-state index contributed by atoms with van der Waals surface area (Å²) in [5, 5.41) is 8.86. The third-order valence-corrected chi connectivity index (χ3v) is 3.32. The number of allylic oxidation sites excluding steroid dienone is 1. The van der Waals surface area contributed by atoms with E-state index in [4.69, 9.17) is 16.7 Å². The van der Waals surface area contributed by atoms with Crippen LogP contribution in [-0.2, 0) is 4.79 Å². The van der Waals surface area contributed by atoms with Crippen molar-refractivity contribution in [1.29, 1.82) is 0 Å². The van der Waals surface area contributed by atoms with Crippen molar-refractivity contribution in [2.24, 2.45) is 5.92 Å². The maximum Gasteiger partial charge on any atom is 0.324 e. The van der Waals surface area contributed by atoms with Gasteiger partial charge in [0, 0.05) is 0 Å². The standard InChI is InChI=1S/C10H15ClO2/c1-2-3-8-4-6-10(11,7-5-8)9(12)13/h2,8H,1,3-7H2,(H,12,13). The zero-order chi connectivity index (χ0) is 9.90. The number of alkyl halides is 1. The average Bonchev–Trinajstić information content (AvgIpc) is 2.09. The highest BCUT2D eigenvalue weighted by molar-refractivity contribution is 6.33. The summed E-state index contributed by atoms with van der Waals surface area (Å²) in [5.74, 6) is -0.282. The largest absolute Gasteiger partial charge is 0.480 e. The normalized spacial score (nSPS) is 34.1. The van der Waals surface area contributed by atoms with E-state index in [0.717, 1.165) is 19.3 Å². The minimum absolute atomic E-state index is 0.586. The van der Waals surface area contributed by atoms with Gasteiger partial charge in [0.2, 0.25) is 0 Å². The van der Waals surface area contributed by atoms with Crippen LogP contribution in [0.2, 0.25) is 0 Å².